The van der Waals surface area contributed by atoms with Crippen molar-refractivity contribution in [2.75, 3.05) is 20.3 Å². The van der Waals surface area contributed by atoms with Crippen LogP contribution in [0.4, 0.5) is 4.79 Å². The third kappa shape index (κ3) is 4.83. The summed E-state index contributed by atoms with van der Waals surface area (Å²) >= 11 is 0.728. The molecule has 0 aromatic heterocycles. The van der Waals surface area contributed by atoms with E-state index in [9.17, 15) is 19.2 Å². The number of carbonyl (C=O) groups excluding carboxylic acids is 4. The smallest absolute Gasteiger partial charge is 0.328 e. The molecule has 1 fully saturated rings. The number of rotatable bonds is 8. The first-order valence-corrected chi connectivity index (χ1v) is 9.13. The van der Waals surface area contributed by atoms with Crippen LogP contribution in [-0.2, 0) is 19.1 Å². The van der Waals surface area contributed by atoms with Crippen molar-refractivity contribution in [2.24, 2.45) is 5.73 Å². The van der Waals surface area contributed by atoms with Gasteiger partial charge in [0.2, 0.25) is 0 Å². The predicted molar refractivity (Wildman–Crippen MR) is 102 cm³/mol. The van der Waals surface area contributed by atoms with Crippen LogP contribution in [0, 0.1) is 0 Å². The molecule has 150 valence electrons. The van der Waals surface area contributed by atoms with E-state index in [-0.39, 0.29) is 11.5 Å². The highest BCUT2D eigenvalue weighted by atomic mass is 32.2. The monoisotopic (exact) mass is 408 g/mol. The van der Waals surface area contributed by atoms with Crippen LogP contribution in [0.1, 0.15) is 19.4 Å². The number of ether oxygens (including phenoxy) is 3. The van der Waals surface area contributed by atoms with Crippen LogP contribution in [0.5, 0.6) is 11.5 Å². The van der Waals surface area contributed by atoms with Crippen LogP contribution < -0.4 is 15.2 Å². The van der Waals surface area contributed by atoms with Crippen LogP contribution in [-0.4, -0.2) is 54.3 Å². The van der Waals surface area contributed by atoms with Crippen molar-refractivity contribution >= 4 is 40.9 Å². The molecule has 0 bridgehead atoms. The molecule has 1 aromatic carbocycles. The van der Waals surface area contributed by atoms with Crippen LogP contribution in [0.25, 0.3) is 6.08 Å². The summed E-state index contributed by atoms with van der Waals surface area (Å²) in [6.45, 7) is 3.25. The molecule has 3 amide bonds. The Kier molecular flexibility index (Phi) is 7.05. The van der Waals surface area contributed by atoms with Crippen LogP contribution >= 0.6 is 11.8 Å². The number of thioether (sulfide) groups is 1. The molecule has 28 heavy (non-hydrogen) atoms. The first-order chi connectivity index (χ1) is 13.3. The molecular weight excluding hydrogens is 388 g/mol. The van der Waals surface area contributed by atoms with Gasteiger partial charge in [-0.05, 0) is 49.4 Å². The molecule has 2 N–H and O–H groups in total. The molecule has 0 saturated carbocycles. The molecule has 1 heterocycles. The summed E-state index contributed by atoms with van der Waals surface area (Å²) in [6, 6.07) is 3.79. The van der Waals surface area contributed by atoms with Gasteiger partial charge in [0.15, 0.2) is 18.1 Å². The normalized spacial score (nSPS) is 16.2. The Balaban J connectivity index is 2.28. The lowest BCUT2D eigenvalue weighted by molar-refractivity contribution is -0.148. The van der Waals surface area contributed by atoms with Gasteiger partial charge in [-0.25, -0.2) is 4.79 Å². The second-order valence-corrected chi connectivity index (χ2v) is 6.64. The summed E-state index contributed by atoms with van der Waals surface area (Å²) in [7, 11) is 1.19. The molecule has 1 aliphatic rings. The highest BCUT2D eigenvalue weighted by Crippen LogP contribution is 2.35. The van der Waals surface area contributed by atoms with Crippen molar-refractivity contribution in [3.05, 3.63) is 28.7 Å². The van der Waals surface area contributed by atoms with E-state index in [1.807, 2.05) is 0 Å². The number of carbonyl (C=O) groups is 4. The summed E-state index contributed by atoms with van der Waals surface area (Å²) < 4.78 is 15.4. The van der Waals surface area contributed by atoms with E-state index >= 15 is 0 Å². The fourth-order valence-corrected chi connectivity index (χ4v) is 3.30. The Labute approximate surface area is 165 Å². The fraction of sp³-hybridized carbons (Fsp3) is 0.333. The van der Waals surface area contributed by atoms with Gasteiger partial charge in [-0.2, -0.15) is 0 Å². The van der Waals surface area contributed by atoms with Gasteiger partial charge in [0.25, 0.3) is 17.1 Å². The van der Waals surface area contributed by atoms with Crippen molar-refractivity contribution in [3.8, 4) is 11.5 Å². The first kappa shape index (κ1) is 21.3. The summed E-state index contributed by atoms with van der Waals surface area (Å²) in [5.74, 6) is -1.21. The number of primary amides is 1. The number of amides is 3. The summed E-state index contributed by atoms with van der Waals surface area (Å²) in [5.41, 5.74) is 5.65. The third-order valence-electron chi connectivity index (χ3n) is 3.69. The minimum atomic E-state index is -1.02. The van der Waals surface area contributed by atoms with E-state index in [2.05, 4.69) is 4.74 Å². The molecule has 1 aliphatic heterocycles. The fourth-order valence-electron chi connectivity index (χ4n) is 2.39. The van der Waals surface area contributed by atoms with Gasteiger partial charge >= 0.3 is 5.97 Å². The largest absolute Gasteiger partial charge is 0.490 e. The third-order valence-corrected chi connectivity index (χ3v) is 4.57. The van der Waals surface area contributed by atoms with Crippen molar-refractivity contribution in [3.63, 3.8) is 0 Å². The Hall–Kier alpha value is -3.01. The number of nitrogens with zero attached hydrogens (tertiary/aromatic N) is 1. The number of esters is 1. The summed E-state index contributed by atoms with van der Waals surface area (Å²) in [5, 5.41) is -0.555. The minimum Gasteiger partial charge on any atom is -0.490 e. The molecule has 1 atom stereocenters. The Bertz CT molecular complexity index is 837. The molecule has 10 heteroatoms. The number of imide groups is 1. The van der Waals surface area contributed by atoms with E-state index < -0.39 is 29.1 Å². The average molecular weight is 408 g/mol. The Morgan fingerprint density at radius 3 is 2.57 bits per heavy atom. The highest BCUT2D eigenvalue weighted by Gasteiger charge is 2.41. The second-order valence-electron chi connectivity index (χ2n) is 5.65. The van der Waals surface area contributed by atoms with Crippen molar-refractivity contribution in [2.45, 2.75) is 19.9 Å². The molecule has 9 nitrogen and oxygen atoms in total. The zero-order valence-electron chi connectivity index (χ0n) is 15.6. The molecule has 2 rings (SSSR count). The van der Waals surface area contributed by atoms with Crippen molar-refractivity contribution in [1.29, 1.82) is 0 Å². The number of hydrogen-bond donors (Lipinski definition) is 1. The number of hydrogen-bond acceptors (Lipinski definition) is 8. The second kappa shape index (κ2) is 9.27. The lowest BCUT2D eigenvalue weighted by Gasteiger charge is -2.18. The van der Waals surface area contributed by atoms with Crippen molar-refractivity contribution in [1.82, 2.24) is 4.90 Å². The van der Waals surface area contributed by atoms with Gasteiger partial charge in [-0.15, -0.1) is 0 Å². The standard InChI is InChI=1S/C18H20N2O7S/c1-4-26-13-7-11(5-6-12(13)27-9-15(19)21)8-14-16(22)20(18(24)28-14)10(2)17(23)25-3/h5-8,10H,4,9H2,1-3H3,(H2,19,21)/b14-8-/t10-/m0/s1. The molecule has 0 spiro atoms. The molecule has 0 unspecified atom stereocenters. The summed E-state index contributed by atoms with van der Waals surface area (Å²) in [6.07, 6.45) is 1.51. The van der Waals surface area contributed by atoms with Crippen LogP contribution in [0.15, 0.2) is 23.1 Å². The SMILES string of the molecule is CCOc1cc(/C=C2\SC(=O)N([C@@H](C)C(=O)OC)C2=O)ccc1OCC(N)=O. The van der Waals surface area contributed by atoms with Gasteiger partial charge in [-0.1, -0.05) is 6.07 Å². The molecule has 1 saturated heterocycles. The van der Waals surface area contributed by atoms with E-state index in [0.29, 0.717) is 23.7 Å². The Morgan fingerprint density at radius 1 is 1.25 bits per heavy atom. The maximum Gasteiger partial charge on any atom is 0.328 e. The van der Waals surface area contributed by atoms with E-state index in [1.165, 1.54) is 20.1 Å². The molecule has 0 radical (unpaired) electrons. The zero-order chi connectivity index (χ0) is 20.8. The summed E-state index contributed by atoms with van der Waals surface area (Å²) in [4.78, 5) is 48.3. The lowest BCUT2D eigenvalue weighted by Crippen LogP contribution is -2.42. The van der Waals surface area contributed by atoms with Crippen molar-refractivity contribution < 1.29 is 33.4 Å². The number of benzene rings is 1. The van der Waals surface area contributed by atoms with Gasteiger partial charge in [0, 0.05) is 0 Å². The first-order valence-electron chi connectivity index (χ1n) is 8.31. The number of methoxy groups -OCH3 is 1. The van der Waals surface area contributed by atoms with Crippen LogP contribution in [0.2, 0.25) is 0 Å². The topological polar surface area (TPSA) is 125 Å². The predicted octanol–water partition coefficient (Wildman–Crippen LogP) is 1.55. The quantitative estimate of drug-likeness (QED) is 0.507. The Morgan fingerprint density at radius 2 is 1.96 bits per heavy atom. The van der Waals surface area contributed by atoms with Crippen LogP contribution in [0.3, 0.4) is 0 Å². The molecular formula is C18H20N2O7S. The van der Waals surface area contributed by atoms with Gasteiger partial charge in [-0.3, -0.25) is 19.3 Å². The van der Waals surface area contributed by atoms with Gasteiger partial charge in [0.05, 0.1) is 18.6 Å². The zero-order valence-corrected chi connectivity index (χ0v) is 16.4. The van der Waals surface area contributed by atoms with Gasteiger partial charge < -0.3 is 19.9 Å². The van der Waals surface area contributed by atoms with E-state index in [1.54, 1.807) is 25.1 Å². The number of nitrogens with two attached hydrogens (primary N) is 1. The highest BCUT2D eigenvalue weighted by molar-refractivity contribution is 8.18. The van der Waals surface area contributed by atoms with E-state index in [0.717, 1.165) is 16.7 Å². The maximum atomic E-state index is 12.5. The van der Waals surface area contributed by atoms with E-state index in [4.69, 9.17) is 15.2 Å². The maximum absolute atomic E-state index is 12.5. The van der Waals surface area contributed by atoms with Gasteiger partial charge in [0.1, 0.15) is 6.04 Å². The lowest BCUT2D eigenvalue weighted by atomic mass is 10.1. The molecule has 1 aromatic rings. The average Bonchev–Trinajstić information content (AvgIpc) is 2.93. The minimum absolute atomic E-state index is 0.161. The molecule has 0 aliphatic carbocycles.